The quantitative estimate of drug-likeness (QED) is 0.684. The number of hydrogen-bond donors (Lipinski definition) is 2. The Bertz CT molecular complexity index is 1130. The van der Waals surface area contributed by atoms with Crippen LogP contribution in [0.4, 0.5) is 16.7 Å². The van der Waals surface area contributed by atoms with Crippen molar-refractivity contribution in [3.05, 3.63) is 52.1 Å². The van der Waals surface area contributed by atoms with Gasteiger partial charge in [0.25, 0.3) is 5.56 Å². The van der Waals surface area contributed by atoms with Crippen molar-refractivity contribution in [2.45, 2.75) is 39.3 Å². The summed E-state index contributed by atoms with van der Waals surface area (Å²) in [5, 5.41) is 4.09. The highest BCUT2D eigenvalue weighted by Gasteiger charge is 2.35. The highest BCUT2D eigenvalue weighted by molar-refractivity contribution is 5.88. The number of fused-ring (bicyclic) bond motifs is 1. The molecule has 0 saturated carbocycles. The van der Waals surface area contributed by atoms with Gasteiger partial charge in [-0.15, -0.1) is 0 Å². The van der Waals surface area contributed by atoms with E-state index in [1.807, 2.05) is 44.2 Å². The minimum Gasteiger partial charge on any atom is -0.447 e. The number of carbonyl (C=O) groups is 1. The SMILES string of the molecule is CC[C@H]1COC(=O)N1c1nc(C)nc(N[C@H](C)c2cc3ccccc3[nH]c2=O)n1. The first-order chi connectivity index (χ1) is 14.0. The largest absolute Gasteiger partial charge is 0.447 e. The fraction of sp³-hybridized carbons (Fsp3) is 0.350. The Hall–Kier alpha value is -3.49. The van der Waals surface area contributed by atoms with Crippen LogP contribution in [0.1, 0.15) is 37.7 Å². The van der Waals surface area contributed by atoms with Crippen LogP contribution in [-0.2, 0) is 4.74 Å². The number of amides is 1. The summed E-state index contributed by atoms with van der Waals surface area (Å²) in [7, 11) is 0. The van der Waals surface area contributed by atoms with Gasteiger partial charge in [0, 0.05) is 11.1 Å². The second-order valence-corrected chi connectivity index (χ2v) is 7.02. The number of nitrogens with zero attached hydrogens (tertiary/aromatic N) is 4. The second kappa shape index (κ2) is 7.50. The van der Waals surface area contributed by atoms with Crippen molar-refractivity contribution in [1.82, 2.24) is 19.9 Å². The average Bonchev–Trinajstić information content (AvgIpc) is 3.07. The number of hydrogen-bond acceptors (Lipinski definition) is 7. The molecule has 4 rings (SSSR count). The number of nitrogens with one attached hydrogen (secondary N) is 2. The second-order valence-electron chi connectivity index (χ2n) is 7.02. The Kier molecular flexibility index (Phi) is 4.87. The van der Waals surface area contributed by atoms with Crippen molar-refractivity contribution in [3.8, 4) is 0 Å². The third-order valence-electron chi connectivity index (χ3n) is 4.98. The van der Waals surface area contributed by atoms with Crippen LogP contribution in [0.3, 0.4) is 0 Å². The van der Waals surface area contributed by atoms with E-state index >= 15 is 0 Å². The zero-order valence-corrected chi connectivity index (χ0v) is 16.5. The zero-order chi connectivity index (χ0) is 20.5. The van der Waals surface area contributed by atoms with Gasteiger partial charge < -0.3 is 15.0 Å². The van der Waals surface area contributed by atoms with Gasteiger partial charge >= 0.3 is 6.09 Å². The molecule has 3 heterocycles. The van der Waals surface area contributed by atoms with Gasteiger partial charge in [0.2, 0.25) is 11.9 Å². The molecule has 2 N–H and O–H groups in total. The Morgan fingerprint density at radius 2 is 2.07 bits per heavy atom. The van der Waals surface area contributed by atoms with E-state index in [0.29, 0.717) is 23.9 Å². The van der Waals surface area contributed by atoms with Gasteiger partial charge in [-0.05, 0) is 37.8 Å². The van der Waals surface area contributed by atoms with Gasteiger partial charge in [-0.2, -0.15) is 15.0 Å². The maximum atomic E-state index is 12.5. The van der Waals surface area contributed by atoms with E-state index in [1.54, 1.807) is 6.92 Å². The summed E-state index contributed by atoms with van der Waals surface area (Å²) in [5.74, 6) is 1.00. The van der Waals surface area contributed by atoms with Gasteiger partial charge in [0.1, 0.15) is 12.4 Å². The molecule has 1 aliphatic heterocycles. The normalized spacial score (nSPS) is 17.4. The van der Waals surface area contributed by atoms with Crippen molar-refractivity contribution >= 4 is 28.9 Å². The molecule has 2 aromatic heterocycles. The number of H-pyrrole nitrogens is 1. The lowest BCUT2D eigenvalue weighted by atomic mass is 10.1. The van der Waals surface area contributed by atoms with Crippen LogP contribution >= 0.6 is 0 Å². The van der Waals surface area contributed by atoms with Crippen molar-refractivity contribution in [2.75, 3.05) is 16.8 Å². The van der Waals surface area contributed by atoms with Crippen LogP contribution in [0.15, 0.2) is 35.1 Å². The maximum Gasteiger partial charge on any atom is 0.417 e. The van der Waals surface area contributed by atoms with Crippen LogP contribution in [0.5, 0.6) is 0 Å². The third kappa shape index (κ3) is 3.63. The molecule has 9 heteroatoms. The summed E-state index contributed by atoms with van der Waals surface area (Å²) in [6.45, 7) is 5.87. The van der Waals surface area contributed by atoms with E-state index in [-0.39, 0.29) is 23.6 Å². The number of anilines is 2. The summed E-state index contributed by atoms with van der Waals surface area (Å²) in [5.41, 5.74) is 1.17. The first kappa shape index (κ1) is 18.9. The Morgan fingerprint density at radius 1 is 1.28 bits per heavy atom. The van der Waals surface area contributed by atoms with E-state index < -0.39 is 6.09 Å². The van der Waals surface area contributed by atoms with Crippen LogP contribution in [0, 0.1) is 6.92 Å². The average molecular weight is 394 g/mol. The summed E-state index contributed by atoms with van der Waals surface area (Å²) >= 11 is 0. The monoisotopic (exact) mass is 394 g/mol. The molecule has 29 heavy (non-hydrogen) atoms. The number of aromatic nitrogens is 4. The highest BCUT2D eigenvalue weighted by Crippen LogP contribution is 2.23. The lowest BCUT2D eigenvalue weighted by Crippen LogP contribution is -2.35. The minimum absolute atomic E-state index is 0.113. The van der Waals surface area contributed by atoms with E-state index in [1.165, 1.54) is 4.90 Å². The Morgan fingerprint density at radius 3 is 2.86 bits per heavy atom. The molecule has 9 nitrogen and oxygen atoms in total. The third-order valence-corrected chi connectivity index (χ3v) is 4.98. The Labute approximate surface area is 167 Å². The number of aryl methyl sites for hydroxylation is 1. The van der Waals surface area contributed by atoms with Crippen molar-refractivity contribution < 1.29 is 9.53 Å². The van der Waals surface area contributed by atoms with E-state index in [9.17, 15) is 9.59 Å². The van der Waals surface area contributed by atoms with Crippen molar-refractivity contribution in [2.24, 2.45) is 0 Å². The lowest BCUT2D eigenvalue weighted by Gasteiger charge is -2.20. The molecule has 2 atom stereocenters. The van der Waals surface area contributed by atoms with Crippen molar-refractivity contribution in [3.63, 3.8) is 0 Å². The number of cyclic esters (lactones) is 1. The predicted molar refractivity (Wildman–Crippen MR) is 109 cm³/mol. The summed E-state index contributed by atoms with van der Waals surface area (Å²) in [4.78, 5) is 42.0. The molecule has 1 aromatic carbocycles. The fourth-order valence-corrected chi connectivity index (χ4v) is 3.40. The number of para-hydroxylation sites is 1. The first-order valence-electron chi connectivity index (χ1n) is 9.53. The molecular weight excluding hydrogens is 372 g/mol. The van der Waals surface area contributed by atoms with Crippen LogP contribution in [-0.4, -0.2) is 38.7 Å². The van der Waals surface area contributed by atoms with Gasteiger partial charge in [-0.1, -0.05) is 25.1 Å². The minimum atomic E-state index is -0.465. The Balaban J connectivity index is 1.64. The van der Waals surface area contributed by atoms with Crippen LogP contribution in [0.2, 0.25) is 0 Å². The molecule has 0 bridgehead atoms. The van der Waals surface area contributed by atoms with Gasteiger partial charge in [-0.25, -0.2) is 9.69 Å². The van der Waals surface area contributed by atoms with Crippen LogP contribution in [0.25, 0.3) is 10.9 Å². The molecule has 0 radical (unpaired) electrons. The smallest absolute Gasteiger partial charge is 0.417 e. The van der Waals surface area contributed by atoms with E-state index in [4.69, 9.17) is 4.74 Å². The molecule has 0 aliphatic carbocycles. The number of rotatable bonds is 5. The maximum absolute atomic E-state index is 12.5. The number of pyridine rings is 1. The zero-order valence-electron chi connectivity index (χ0n) is 16.5. The standard InChI is InChI=1S/C20H22N6O3/c1-4-14-10-29-20(28)26(14)19-23-12(3)22-18(25-19)21-11(2)15-9-13-7-5-6-8-16(13)24-17(15)27/h5-9,11,14H,4,10H2,1-3H3,(H,24,27)(H,21,22,23,25)/t11-,14+/m1/s1. The number of carbonyl (C=O) groups excluding carboxylic acids is 1. The van der Waals surface area contributed by atoms with E-state index in [2.05, 4.69) is 25.3 Å². The summed E-state index contributed by atoms with van der Waals surface area (Å²) in [6, 6.07) is 8.98. The molecule has 1 amide bonds. The van der Waals surface area contributed by atoms with Gasteiger partial charge in [0.15, 0.2) is 0 Å². The van der Waals surface area contributed by atoms with Crippen LogP contribution < -0.4 is 15.8 Å². The number of aromatic amines is 1. The molecule has 1 fully saturated rings. The first-order valence-corrected chi connectivity index (χ1v) is 9.53. The molecule has 150 valence electrons. The summed E-state index contributed by atoms with van der Waals surface area (Å²) < 4.78 is 5.13. The van der Waals surface area contributed by atoms with Gasteiger partial charge in [-0.3, -0.25) is 4.79 Å². The molecular formula is C20H22N6O3. The molecule has 0 spiro atoms. The molecule has 3 aromatic rings. The highest BCUT2D eigenvalue weighted by atomic mass is 16.6. The predicted octanol–water partition coefficient (Wildman–Crippen LogP) is 2.93. The molecule has 1 saturated heterocycles. The van der Waals surface area contributed by atoms with E-state index in [0.717, 1.165) is 17.3 Å². The fourth-order valence-electron chi connectivity index (χ4n) is 3.40. The summed E-state index contributed by atoms with van der Waals surface area (Å²) in [6.07, 6.45) is 0.259. The van der Waals surface area contributed by atoms with Crippen molar-refractivity contribution in [1.29, 1.82) is 0 Å². The number of benzene rings is 1. The topological polar surface area (TPSA) is 113 Å². The molecule has 0 unspecified atom stereocenters. The molecule has 1 aliphatic rings. The number of ether oxygens (including phenoxy) is 1. The lowest BCUT2D eigenvalue weighted by molar-refractivity contribution is 0.178. The van der Waals surface area contributed by atoms with Gasteiger partial charge in [0.05, 0.1) is 12.1 Å².